The van der Waals surface area contributed by atoms with Crippen molar-refractivity contribution in [2.75, 3.05) is 26.2 Å². The number of amides is 3. The van der Waals surface area contributed by atoms with E-state index in [2.05, 4.69) is 10.6 Å². The first kappa shape index (κ1) is 17.1. The summed E-state index contributed by atoms with van der Waals surface area (Å²) >= 11 is 0. The number of carbonyl (C=O) groups excluding carboxylic acids is 2. The molecule has 0 aromatic heterocycles. The van der Waals surface area contributed by atoms with Crippen molar-refractivity contribution < 1.29 is 14.7 Å². The van der Waals surface area contributed by atoms with Gasteiger partial charge in [-0.05, 0) is 50.4 Å². The van der Waals surface area contributed by atoms with Crippen LogP contribution in [0.4, 0.5) is 4.79 Å². The lowest BCUT2D eigenvalue weighted by Gasteiger charge is -2.32. The molecule has 2 rings (SSSR count). The predicted octanol–water partition coefficient (Wildman–Crippen LogP) is 1.10. The quantitative estimate of drug-likeness (QED) is 0.727. The molecule has 22 heavy (non-hydrogen) atoms. The monoisotopic (exact) mass is 311 g/mol. The summed E-state index contributed by atoms with van der Waals surface area (Å²) in [6, 6.07) is 0.121. The van der Waals surface area contributed by atoms with Crippen LogP contribution in [-0.2, 0) is 4.79 Å². The fourth-order valence-electron chi connectivity index (χ4n) is 3.48. The summed E-state index contributed by atoms with van der Waals surface area (Å²) in [5.41, 5.74) is 0. The average molecular weight is 311 g/mol. The molecule has 1 aliphatic heterocycles. The van der Waals surface area contributed by atoms with Crippen molar-refractivity contribution in [3.8, 4) is 0 Å². The fraction of sp³-hybridized carbons (Fsp3) is 0.875. The Hall–Kier alpha value is -1.30. The van der Waals surface area contributed by atoms with Crippen LogP contribution in [0.5, 0.6) is 0 Å². The summed E-state index contributed by atoms with van der Waals surface area (Å²) in [7, 11) is 0. The summed E-state index contributed by atoms with van der Waals surface area (Å²) < 4.78 is 0. The highest BCUT2D eigenvalue weighted by molar-refractivity contribution is 5.74. The Morgan fingerprint density at radius 1 is 1.14 bits per heavy atom. The van der Waals surface area contributed by atoms with E-state index in [1.807, 2.05) is 4.90 Å². The molecule has 2 fully saturated rings. The Morgan fingerprint density at radius 2 is 1.86 bits per heavy atom. The minimum atomic E-state index is -0.104. The van der Waals surface area contributed by atoms with E-state index >= 15 is 0 Å². The van der Waals surface area contributed by atoms with Crippen LogP contribution in [0.3, 0.4) is 0 Å². The molecule has 0 aromatic carbocycles. The molecule has 0 radical (unpaired) electrons. The molecule has 0 bridgehead atoms. The average Bonchev–Trinajstić information content (AvgIpc) is 2.54. The number of carbonyl (C=O) groups is 2. The van der Waals surface area contributed by atoms with Gasteiger partial charge >= 0.3 is 6.03 Å². The highest BCUT2D eigenvalue weighted by Gasteiger charge is 2.24. The van der Waals surface area contributed by atoms with Crippen molar-refractivity contribution in [2.24, 2.45) is 11.8 Å². The van der Waals surface area contributed by atoms with Crippen LogP contribution in [0.2, 0.25) is 0 Å². The van der Waals surface area contributed by atoms with Gasteiger partial charge in [0.2, 0.25) is 5.91 Å². The molecule has 1 aliphatic carbocycles. The van der Waals surface area contributed by atoms with Gasteiger partial charge in [0.1, 0.15) is 0 Å². The molecule has 1 saturated heterocycles. The first-order valence-corrected chi connectivity index (χ1v) is 8.49. The van der Waals surface area contributed by atoms with E-state index in [9.17, 15) is 9.59 Å². The maximum absolute atomic E-state index is 12.0. The second kappa shape index (κ2) is 8.36. The summed E-state index contributed by atoms with van der Waals surface area (Å²) in [5, 5.41) is 15.1. The van der Waals surface area contributed by atoms with Gasteiger partial charge in [0.25, 0.3) is 0 Å². The normalized spacial score (nSPS) is 29.0. The van der Waals surface area contributed by atoms with E-state index < -0.39 is 0 Å². The molecule has 126 valence electrons. The topological polar surface area (TPSA) is 81.7 Å². The van der Waals surface area contributed by atoms with E-state index in [1.165, 1.54) is 0 Å². The molecule has 0 aromatic rings. The molecular formula is C16H29N3O3. The molecule has 6 heteroatoms. The minimum Gasteiger partial charge on any atom is -0.396 e. The third-order valence-electron chi connectivity index (χ3n) is 4.96. The zero-order valence-corrected chi connectivity index (χ0v) is 13.5. The van der Waals surface area contributed by atoms with E-state index in [4.69, 9.17) is 5.11 Å². The van der Waals surface area contributed by atoms with Crippen LogP contribution in [0, 0.1) is 11.8 Å². The van der Waals surface area contributed by atoms with Gasteiger partial charge in [0.05, 0.1) is 0 Å². The highest BCUT2D eigenvalue weighted by atomic mass is 16.3. The van der Waals surface area contributed by atoms with Gasteiger partial charge in [-0.3, -0.25) is 4.79 Å². The second-order valence-corrected chi connectivity index (χ2v) is 6.73. The number of piperidine rings is 1. The summed E-state index contributed by atoms with van der Waals surface area (Å²) in [5.74, 6) is 0.879. The summed E-state index contributed by atoms with van der Waals surface area (Å²) in [6.07, 6.45) is 5.93. The molecule has 1 saturated carbocycles. The number of likely N-dealkylation sites (tertiary alicyclic amines) is 1. The van der Waals surface area contributed by atoms with E-state index in [0.29, 0.717) is 18.4 Å². The standard InChI is InChI=1S/C16H29N3O3/c1-12(21)19-8-2-3-14(10-19)9-17-16(22)18-15-6-4-13(11-20)5-7-15/h13-15,20H,2-11H2,1H3,(H2,17,18,22)/t13?,14-,15?/m1/s1. The van der Waals surface area contributed by atoms with E-state index in [0.717, 1.165) is 51.6 Å². The SMILES string of the molecule is CC(=O)N1CCC[C@H](CNC(=O)NC2CCC(CO)CC2)C1. The van der Waals surface area contributed by atoms with Crippen LogP contribution < -0.4 is 10.6 Å². The van der Waals surface area contributed by atoms with Crippen LogP contribution in [0.15, 0.2) is 0 Å². The maximum atomic E-state index is 12.0. The van der Waals surface area contributed by atoms with Gasteiger partial charge in [-0.15, -0.1) is 0 Å². The number of nitrogens with zero attached hydrogens (tertiary/aromatic N) is 1. The van der Waals surface area contributed by atoms with Gasteiger partial charge < -0.3 is 20.6 Å². The smallest absolute Gasteiger partial charge is 0.315 e. The zero-order chi connectivity index (χ0) is 15.9. The molecule has 2 aliphatic rings. The second-order valence-electron chi connectivity index (χ2n) is 6.73. The molecule has 3 N–H and O–H groups in total. The van der Waals surface area contributed by atoms with Crippen molar-refractivity contribution in [3.63, 3.8) is 0 Å². The largest absolute Gasteiger partial charge is 0.396 e. The molecule has 0 unspecified atom stereocenters. The Bertz CT molecular complexity index is 381. The fourth-order valence-corrected chi connectivity index (χ4v) is 3.48. The summed E-state index contributed by atoms with van der Waals surface area (Å²) in [4.78, 5) is 25.2. The van der Waals surface area contributed by atoms with Crippen LogP contribution >= 0.6 is 0 Å². The van der Waals surface area contributed by atoms with Gasteiger partial charge in [0, 0.05) is 39.2 Å². The molecule has 1 heterocycles. The third-order valence-corrected chi connectivity index (χ3v) is 4.96. The lowest BCUT2D eigenvalue weighted by atomic mass is 9.87. The minimum absolute atomic E-state index is 0.104. The Kier molecular flexibility index (Phi) is 6.49. The lowest BCUT2D eigenvalue weighted by Crippen LogP contribution is -2.47. The predicted molar refractivity (Wildman–Crippen MR) is 84.3 cm³/mol. The number of aliphatic hydroxyl groups excluding tert-OH is 1. The Morgan fingerprint density at radius 3 is 2.50 bits per heavy atom. The zero-order valence-electron chi connectivity index (χ0n) is 13.5. The van der Waals surface area contributed by atoms with Crippen LogP contribution in [-0.4, -0.2) is 54.2 Å². The molecule has 3 amide bonds. The van der Waals surface area contributed by atoms with Crippen molar-refractivity contribution in [1.82, 2.24) is 15.5 Å². The number of urea groups is 1. The number of hydrogen-bond acceptors (Lipinski definition) is 3. The Balaban J connectivity index is 1.64. The summed E-state index contributed by atoms with van der Waals surface area (Å²) in [6.45, 7) is 4.07. The van der Waals surface area contributed by atoms with Crippen LogP contribution in [0.25, 0.3) is 0 Å². The van der Waals surface area contributed by atoms with Gasteiger partial charge in [0.15, 0.2) is 0 Å². The van der Waals surface area contributed by atoms with Gasteiger partial charge in [-0.25, -0.2) is 4.79 Å². The molecule has 6 nitrogen and oxygen atoms in total. The molecule has 0 spiro atoms. The number of aliphatic hydroxyl groups is 1. The number of rotatable bonds is 4. The van der Waals surface area contributed by atoms with Gasteiger partial charge in [-0.2, -0.15) is 0 Å². The van der Waals surface area contributed by atoms with Crippen molar-refractivity contribution in [3.05, 3.63) is 0 Å². The van der Waals surface area contributed by atoms with Crippen molar-refractivity contribution in [1.29, 1.82) is 0 Å². The highest BCUT2D eigenvalue weighted by Crippen LogP contribution is 2.23. The first-order valence-electron chi connectivity index (χ1n) is 8.49. The number of hydrogen-bond donors (Lipinski definition) is 3. The molecule has 1 atom stereocenters. The van der Waals surface area contributed by atoms with Gasteiger partial charge in [-0.1, -0.05) is 0 Å². The van der Waals surface area contributed by atoms with E-state index in [1.54, 1.807) is 6.92 Å². The first-order chi connectivity index (χ1) is 10.6. The lowest BCUT2D eigenvalue weighted by molar-refractivity contribution is -0.130. The van der Waals surface area contributed by atoms with Crippen molar-refractivity contribution in [2.45, 2.75) is 51.5 Å². The third kappa shape index (κ3) is 5.16. The Labute approximate surface area is 132 Å². The van der Waals surface area contributed by atoms with Crippen LogP contribution in [0.1, 0.15) is 45.4 Å². The number of nitrogens with one attached hydrogen (secondary N) is 2. The maximum Gasteiger partial charge on any atom is 0.315 e. The van der Waals surface area contributed by atoms with Crippen molar-refractivity contribution >= 4 is 11.9 Å². The van der Waals surface area contributed by atoms with E-state index in [-0.39, 0.29) is 24.6 Å². The molecular weight excluding hydrogens is 282 g/mol.